The molecule has 0 amide bonds. The summed E-state index contributed by atoms with van der Waals surface area (Å²) >= 11 is 0. The highest BCUT2D eigenvalue weighted by Crippen LogP contribution is 2.54. The first-order valence-electron chi connectivity index (χ1n) is 8.11. The number of ether oxygens (including phenoxy) is 1. The minimum absolute atomic E-state index is 0.0296. The molecule has 1 saturated carbocycles. The number of carboxylic acids is 1. The second kappa shape index (κ2) is 5.44. The Balaban J connectivity index is 1.88. The number of benzene rings is 2. The van der Waals surface area contributed by atoms with Crippen LogP contribution in [0, 0.1) is 11.8 Å². The lowest BCUT2D eigenvalue weighted by Gasteiger charge is -2.34. The Morgan fingerprint density at radius 2 is 1.54 bits per heavy atom. The van der Waals surface area contributed by atoms with E-state index in [4.69, 9.17) is 4.74 Å². The molecule has 5 nitrogen and oxygen atoms in total. The number of carbonyl (C=O) groups is 1. The largest absolute Gasteiger partial charge is 0.508 e. The molecule has 4 rings (SSSR count). The normalized spacial score (nSPS) is 22.5. The van der Waals surface area contributed by atoms with Crippen molar-refractivity contribution in [2.45, 2.75) is 25.2 Å². The zero-order chi connectivity index (χ0) is 16.8. The molecule has 1 aliphatic carbocycles. The van der Waals surface area contributed by atoms with E-state index < -0.39 is 11.9 Å². The van der Waals surface area contributed by atoms with E-state index in [1.165, 1.54) is 0 Å². The molecule has 0 radical (unpaired) electrons. The lowest BCUT2D eigenvalue weighted by atomic mass is 9.74. The molecule has 24 heavy (non-hydrogen) atoms. The van der Waals surface area contributed by atoms with Gasteiger partial charge in [-0.25, -0.2) is 0 Å². The highest BCUT2D eigenvalue weighted by atomic mass is 16.5. The molecule has 0 spiro atoms. The highest BCUT2D eigenvalue weighted by Gasteiger charge is 2.42. The Morgan fingerprint density at radius 1 is 0.958 bits per heavy atom. The van der Waals surface area contributed by atoms with Gasteiger partial charge in [0.05, 0.1) is 5.92 Å². The van der Waals surface area contributed by atoms with E-state index in [0.29, 0.717) is 17.9 Å². The van der Waals surface area contributed by atoms with Crippen LogP contribution in [0.3, 0.4) is 0 Å². The fraction of sp³-hybridized carbons (Fsp3) is 0.316. The number of aliphatic carboxylic acids is 1. The van der Waals surface area contributed by atoms with Crippen LogP contribution in [0.1, 0.15) is 36.3 Å². The number of phenolic OH excluding ortho intramolecular Hbond substituents is 2. The van der Waals surface area contributed by atoms with Gasteiger partial charge in [-0.1, -0.05) is 18.6 Å². The summed E-state index contributed by atoms with van der Waals surface area (Å²) < 4.78 is 5.86. The summed E-state index contributed by atoms with van der Waals surface area (Å²) in [6.45, 7) is 0. The Labute approximate surface area is 139 Å². The molecule has 0 aromatic heterocycles. The van der Waals surface area contributed by atoms with Crippen LogP contribution < -0.4 is 4.74 Å². The van der Waals surface area contributed by atoms with Crippen LogP contribution >= 0.6 is 0 Å². The van der Waals surface area contributed by atoms with Gasteiger partial charge in [-0.2, -0.15) is 0 Å². The molecule has 2 aromatic rings. The maximum absolute atomic E-state index is 11.7. The minimum atomic E-state index is -0.760. The van der Waals surface area contributed by atoms with Gasteiger partial charge in [0.15, 0.2) is 0 Å². The van der Waals surface area contributed by atoms with Crippen LogP contribution in [-0.4, -0.2) is 21.3 Å². The fourth-order valence-corrected chi connectivity index (χ4v) is 4.18. The third kappa shape index (κ3) is 2.28. The van der Waals surface area contributed by atoms with E-state index >= 15 is 0 Å². The predicted molar refractivity (Wildman–Crippen MR) is 86.6 cm³/mol. The van der Waals surface area contributed by atoms with Crippen LogP contribution in [-0.2, 0) is 4.79 Å². The van der Waals surface area contributed by atoms with E-state index in [-0.39, 0.29) is 23.3 Å². The lowest BCUT2D eigenvalue weighted by Crippen LogP contribution is -2.26. The van der Waals surface area contributed by atoms with Crippen molar-refractivity contribution in [1.82, 2.24) is 0 Å². The average Bonchev–Trinajstić information content (AvgIpc) is 3.01. The zero-order valence-electron chi connectivity index (χ0n) is 13.0. The molecule has 5 heteroatoms. The topological polar surface area (TPSA) is 87.0 Å². The van der Waals surface area contributed by atoms with Crippen LogP contribution in [0.5, 0.6) is 23.0 Å². The van der Waals surface area contributed by atoms with Crippen LogP contribution in [0.2, 0.25) is 0 Å². The molecular formula is C19H18O5. The maximum Gasteiger partial charge on any atom is 0.306 e. The number of hydrogen-bond acceptors (Lipinski definition) is 4. The number of phenols is 2. The summed E-state index contributed by atoms with van der Waals surface area (Å²) in [4.78, 5) is 11.7. The quantitative estimate of drug-likeness (QED) is 0.780. The van der Waals surface area contributed by atoms with Gasteiger partial charge in [0, 0.05) is 29.2 Å². The van der Waals surface area contributed by atoms with Gasteiger partial charge in [-0.3, -0.25) is 4.79 Å². The standard InChI is InChI=1S/C19H18O5/c20-10-4-6-14-16(8-10)24-17-9-11(21)5-7-15(17)18(14)12-2-1-3-13(12)19(22)23/h4-9,12-13,18,20-21H,1-3H2,(H,22,23). The minimum Gasteiger partial charge on any atom is -0.508 e. The first-order valence-corrected chi connectivity index (χ1v) is 8.11. The number of hydrogen-bond donors (Lipinski definition) is 3. The molecule has 2 aliphatic rings. The molecule has 1 heterocycles. The molecule has 2 aromatic carbocycles. The van der Waals surface area contributed by atoms with Crippen molar-refractivity contribution in [3.63, 3.8) is 0 Å². The fourth-order valence-electron chi connectivity index (χ4n) is 4.18. The van der Waals surface area contributed by atoms with Crippen molar-refractivity contribution in [3.8, 4) is 23.0 Å². The van der Waals surface area contributed by atoms with Crippen molar-refractivity contribution < 1.29 is 24.9 Å². The highest BCUT2D eigenvalue weighted by molar-refractivity contribution is 5.71. The molecular weight excluding hydrogens is 308 g/mol. The molecule has 1 fully saturated rings. The van der Waals surface area contributed by atoms with Crippen LogP contribution in [0.25, 0.3) is 0 Å². The molecule has 3 N–H and O–H groups in total. The summed E-state index contributed by atoms with van der Waals surface area (Å²) in [6.07, 6.45) is 2.40. The van der Waals surface area contributed by atoms with Crippen molar-refractivity contribution in [2.75, 3.05) is 0 Å². The van der Waals surface area contributed by atoms with Gasteiger partial charge >= 0.3 is 5.97 Å². The Morgan fingerprint density at radius 3 is 2.08 bits per heavy atom. The van der Waals surface area contributed by atoms with Crippen molar-refractivity contribution in [1.29, 1.82) is 0 Å². The third-order valence-electron chi connectivity index (χ3n) is 5.20. The Kier molecular flexibility index (Phi) is 3.37. The lowest BCUT2D eigenvalue weighted by molar-refractivity contribution is -0.143. The predicted octanol–water partition coefficient (Wildman–Crippen LogP) is 3.84. The summed E-state index contributed by atoms with van der Waals surface area (Å²) in [6, 6.07) is 9.90. The van der Waals surface area contributed by atoms with Crippen LogP contribution in [0.4, 0.5) is 0 Å². The molecule has 1 aliphatic heterocycles. The van der Waals surface area contributed by atoms with E-state index in [1.807, 2.05) is 12.1 Å². The third-order valence-corrected chi connectivity index (χ3v) is 5.20. The summed E-state index contributed by atoms with van der Waals surface area (Å²) in [5, 5.41) is 29.1. The molecule has 0 saturated heterocycles. The number of aromatic hydroxyl groups is 2. The van der Waals surface area contributed by atoms with Gasteiger partial charge in [0.2, 0.25) is 0 Å². The Hall–Kier alpha value is -2.69. The zero-order valence-corrected chi connectivity index (χ0v) is 13.0. The smallest absolute Gasteiger partial charge is 0.306 e. The van der Waals surface area contributed by atoms with E-state index in [9.17, 15) is 20.1 Å². The second-order valence-electron chi connectivity index (χ2n) is 6.56. The van der Waals surface area contributed by atoms with E-state index in [2.05, 4.69) is 0 Å². The summed E-state index contributed by atoms with van der Waals surface area (Å²) in [5.74, 6) is -0.0644. The van der Waals surface area contributed by atoms with Crippen molar-refractivity contribution in [3.05, 3.63) is 47.5 Å². The van der Waals surface area contributed by atoms with Gasteiger partial charge in [-0.05, 0) is 30.9 Å². The first-order chi connectivity index (χ1) is 11.5. The van der Waals surface area contributed by atoms with E-state index in [0.717, 1.165) is 24.0 Å². The molecule has 2 unspecified atom stereocenters. The summed E-state index contributed by atoms with van der Waals surface area (Å²) in [7, 11) is 0. The summed E-state index contributed by atoms with van der Waals surface area (Å²) in [5.41, 5.74) is 1.79. The van der Waals surface area contributed by atoms with Gasteiger partial charge < -0.3 is 20.1 Å². The van der Waals surface area contributed by atoms with Gasteiger partial charge in [0.1, 0.15) is 23.0 Å². The number of fused-ring (bicyclic) bond motifs is 2. The van der Waals surface area contributed by atoms with E-state index in [1.54, 1.807) is 24.3 Å². The maximum atomic E-state index is 11.7. The van der Waals surface area contributed by atoms with Gasteiger partial charge in [-0.15, -0.1) is 0 Å². The number of carboxylic acid groups (broad SMARTS) is 1. The van der Waals surface area contributed by atoms with Crippen molar-refractivity contribution >= 4 is 5.97 Å². The first kappa shape index (κ1) is 14.9. The molecule has 2 atom stereocenters. The molecule has 124 valence electrons. The van der Waals surface area contributed by atoms with Crippen molar-refractivity contribution in [2.24, 2.45) is 11.8 Å². The average molecular weight is 326 g/mol. The number of rotatable bonds is 2. The van der Waals surface area contributed by atoms with Crippen LogP contribution in [0.15, 0.2) is 36.4 Å². The van der Waals surface area contributed by atoms with Gasteiger partial charge in [0.25, 0.3) is 0 Å². The second-order valence-corrected chi connectivity index (χ2v) is 6.56. The molecule has 0 bridgehead atoms. The Bertz CT molecular complexity index is 762. The monoisotopic (exact) mass is 326 g/mol. The SMILES string of the molecule is O=C(O)C1CCCC1C1c2ccc(O)cc2Oc2cc(O)ccc21.